The molecule has 9 heteroatoms. The Labute approximate surface area is 183 Å². The van der Waals surface area contributed by atoms with Crippen LogP contribution in [-0.2, 0) is 19.1 Å². The molecule has 0 saturated carbocycles. The van der Waals surface area contributed by atoms with Crippen LogP contribution in [0.5, 0.6) is 5.75 Å². The molecule has 2 aromatic carbocycles. The van der Waals surface area contributed by atoms with Gasteiger partial charge in [-0.15, -0.1) is 0 Å². The molecular formula is C21H20Cl2N2O5. The van der Waals surface area contributed by atoms with E-state index in [4.69, 9.17) is 32.7 Å². The number of esters is 1. The first-order valence-corrected chi connectivity index (χ1v) is 10.1. The zero-order valence-electron chi connectivity index (χ0n) is 16.2. The van der Waals surface area contributed by atoms with Gasteiger partial charge in [-0.25, -0.2) is 0 Å². The molecule has 3 rings (SSSR count). The van der Waals surface area contributed by atoms with E-state index in [1.807, 2.05) is 6.92 Å². The molecule has 1 saturated heterocycles. The van der Waals surface area contributed by atoms with Gasteiger partial charge in [0.2, 0.25) is 5.91 Å². The Kier molecular flexibility index (Phi) is 7.18. The van der Waals surface area contributed by atoms with Crippen LogP contribution in [0.2, 0.25) is 10.0 Å². The van der Waals surface area contributed by atoms with Gasteiger partial charge in [-0.1, -0.05) is 41.4 Å². The minimum atomic E-state index is -0.698. The normalized spacial score (nSPS) is 15.8. The summed E-state index contributed by atoms with van der Waals surface area (Å²) < 4.78 is 10.6. The lowest BCUT2D eigenvalue weighted by molar-refractivity contribution is -0.151. The molecule has 1 aliphatic rings. The molecule has 1 aliphatic heterocycles. The summed E-state index contributed by atoms with van der Waals surface area (Å²) in [7, 11) is 0. The molecule has 0 aliphatic carbocycles. The van der Waals surface area contributed by atoms with E-state index in [1.54, 1.807) is 42.5 Å². The Balaban J connectivity index is 1.56. The number of carbonyl (C=O) groups excluding carboxylic acids is 3. The van der Waals surface area contributed by atoms with Crippen LogP contribution in [0.4, 0.5) is 11.4 Å². The molecule has 0 bridgehead atoms. The van der Waals surface area contributed by atoms with E-state index in [1.165, 1.54) is 4.90 Å². The van der Waals surface area contributed by atoms with E-state index in [2.05, 4.69) is 5.32 Å². The van der Waals surface area contributed by atoms with Gasteiger partial charge in [0.25, 0.3) is 5.91 Å². The van der Waals surface area contributed by atoms with Gasteiger partial charge < -0.3 is 19.7 Å². The molecular weight excluding hydrogens is 431 g/mol. The van der Waals surface area contributed by atoms with E-state index < -0.39 is 24.4 Å². The number of anilines is 2. The second kappa shape index (κ2) is 9.82. The van der Waals surface area contributed by atoms with Crippen LogP contribution in [0.25, 0.3) is 0 Å². The number of hydrogen-bond acceptors (Lipinski definition) is 5. The summed E-state index contributed by atoms with van der Waals surface area (Å²) in [6.07, 6.45) is -0.0313. The first-order chi connectivity index (χ1) is 14.4. The zero-order valence-corrected chi connectivity index (χ0v) is 17.7. The fraction of sp³-hybridized carbons (Fsp3) is 0.286. The van der Waals surface area contributed by atoms with Crippen molar-refractivity contribution in [1.82, 2.24) is 0 Å². The van der Waals surface area contributed by atoms with Crippen LogP contribution in [0.1, 0.15) is 13.3 Å². The van der Waals surface area contributed by atoms with Crippen LogP contribution in [0, 0.1) is 5.92 Å². The predicted octanol–water partition coefficient (Wildman–Crippen LogP) is 3.93. The van der Waals surface area contributed by atoms with Crippen molar-refractivity contribution in [2.75, 3.05) is 30.0 Å². The molecule has 0 unspecified atom stereocenters. The van der Waals surface area contributed by atoms with Gasteiger partial charge in [0.05, 0.1) is 33.9 Å². The summed E-state index contributed by atoms with van der Waals surface area (Å²) in [6, 6.07) is 11.9. The Morgan fingerprint density at radius 3 is 2.70 bits per heavy atom. The van der Waals surface area contributed by atoms with Crippen LogP contribution >= 0.6 is 23.2 Å². The standard InChI is InChI=1S/C21H20Cl2N2O5/c1-2-29-17-9-4-3-7-15(17)24-18(26)12-30-21(28)13-10-19(27)25(11-13)16-8-5-6-14(22)20(16)23/h3-9,13H,2,10-12H2,1H3,(H,24,26)/t13-/m1/s1. The largest absolute Gasteiger partial charge is 0.492 e. The maximum absolute atomic E-state index is 12.4. The van der Waals surface area contributed by atoms with Crippen molar-refractivity contribution < 1.29 is 23.9 Å². The number of carbonyl (C=O) groups is 3. The van der Waals surface area contributed by atoms with E-state index in [-0.39, 0.29) is 23.9 Å². The van der Waals surface area contributed by atoms with Crippen molar-refractivity contribution >= 4 is 52.4 Å². The molecule has 1 heterocycles. The molecule has 1 fully saturated rings. The predicted molar refractivity (Wildman–Crippen MR) is 114 cm³/mol. The van der Waals surface area contributed by atoms with Crippen molar-refractivity contribution in [3.05, 3.63) is 52.5 Å². The van der Waals surface area contributed by atoms with Gasteiger partial charge in [-0.05, 0) is 31.2 Å². The van der Waals surface area contributed by atoms with Gasteiger partial charge in [0.15, 0.2) is 6.61 Å². The summed E-state index contributed by atoms with van der Waals surface area (Å²) in [5.74, 6) is -1.57. The van der Waals surface area contributed by atoms with Gasteiger partial charge >= 0.3 is 5.97 Å². The quantitative estimate of drug-likeness (QED) is 0.645. The highest BCUT2D eigenvalue weighted by Gasteiger charge is 2.37. The number of para-hydroxylation sites is 2. The fourth-order valence-electron chi connectivity index (χ4n) is 3.09. The smallest absolute Gasteiger partial charge is 0.311 e. The van der Waals surface area contributed by atoms with E-state index >= 15 is 0 Å². The minimum absolute atomic E-state index is 0.0313. The second-order valence-electron chi connectivity index (χ2n) is 6.56. The Morgan fingerprint density at radius 2 is 1.93 bits per heavy atom. The van der Waals surface area contributed by atoms with Crippen molar-refractivity contribution in [3.63, 3.8) is 0 Å². The third-order valence-electron chi connectivity index (χ3n) is 4.49. The van der Waals surface area contributed by atoms with E-state index in [0.717, 1.165) is 0 Å². The van der Waals surface area contributed by atoms with Crippen LogP contribution in [-0.4, -0.2) is 37.5 Å². The van der Waals surface area contributed by atoms with Gasteiger partial charge in [-0.2, -0.15) is 0 Å². The lowest BCUT2D eigenvalue weighted by Crippen LogP contribution is -2.28. The van der Waals surface area contributed by atoms with Crippen LogP contribution < -0.4 is 15.0 Å². The average Bonchev–Trinajstić information content (AvgIpc) is 3.11. The molecule has 1 atom stereocenters. The summed E-state index contributed by atoms with van der Waals surface area (Å²) in [5, 5.41) is 3.21. The maximum Gasteiger partial charge on any atom is 0.311 e. The Morgan fingerprint density at radius 1 is 1.17 bits per heavy atom. The molecule has 7 nitrogen and oxygen atoms in total. The highest BCUT2D eigenvalue weighted by atomic mass is 35.5. The third-order valence-corrected chi connectivity index (χ3v) is 5.30. The van der Waals surface area contributed by atoms with Gasteiger partial charge in [0.1, 0.15) is 5.75 Å². The van der Waals surface area contributed by atoms with Crippen LogP contribution in [0.15, 0.2) is 42.5 Å². The Bertz CT molecular complexity index is 966. The highest BCUT2D eigenvalue weighted by molar-refractivity contribution is 6.44. The molecule has 0 aromatic heterocycles. The summed E-state index contributed by atoms with van der Waals surface area (Å²) in [4.78, 5) is 38.3. The third kappa shape index (κ3) is 5.04. The zero-order chi connectivity index (χ0) is 21.7. The summed E-state index contributed by atoms with van der Waals surface area (Å²) >= 11 is 12.2. The Hall–Kier alpha value is -2.77. The molecule has 1 N–H and O–H groups in total. The first-order valence-electron chi connectivity index (χ1n) is 9.33. The minimum Gasteiger partial charge on any atom is -0.492 e. The van der Waals surface area contributed by atoms with Crippen LogP contribution in [0.3, 0.4) is 0 Å². The second-order valence-corrected chi connectivity index (χ2v) is 7.35. The van der Waals surface area contributed by atoms with E-state index in [0.29, 0.717) is 28.8 Å². The number of nitrogens with zero attached hydrogens (tertiary/aromatic N) is 1. The highest BCUT2D eigenvalue weighted by Crippen LogP contribution is 2.35. The number of ether oxygens (including phenoxy) is 2. The molecule has 0 radical (unpaired) electrons. The number of hydrogen-bond donors (Lipinski definition) is 1. The molecule has 2 amide bonds. The number of amides is 2. The van der Waals surface area contributed by atoms with E-state index in [9.17, 15) is 14.4 Å². The number of rotatable bonds is 7. The summed E-state index contributed by atoms with van der Waals surface area (Å²) in [5.41, 5.74) is 0.924. The number of halogens is 2. The van der Waals surface area contributed by atoms with Crippen molar-refractivity contribution in [2.45, 2.75) is 13.3 Å². The summed E-state index contributed by atoms with van der Waals surface area (Å²) in [6.45, 7) is 1.92. The van der Waals surface area contributed by atoms with Crippen molar-refractivity contribution in [3.8, 4) is 5.75 Å². The first kappa shape index (κ1) is 21.9. The molecule has 2 aromatic rings. The number of nitrogens with one attached hydrogen (secondary N) is 1. The monoisotopic (exact) mass is 450 g/mol. The fourth-order valence-corrected chi connectivity index (χ4v) is 3.49. The van der Waals surface area contributed by atoms with Crippen molar-refractivity contribution in [1.29, 1.82) is 0 Å². The molecule has 158 valence electrons. The van der Waals surface area contributed by atoms with Crippen molar-refractivity contribution in [2.24, 2.45) is 5.92 Å². The van der Waals surface area contributed by atoms with Gasteiger partial charge in [-0.3, -0.25) is 14.4 Å². The SMILES string of the molecule is CCOc1ccccc1NC(=O)COC(=O)[C@@H]1CC(=O)N(c2cccc(Cl)c2Cl)C1. The topological polar surface area (TPSA) is 84.9 Å². The number of benzene rings is 2. The van der Waals surface area contributed by atoms with Gasteiger partial charge in [0, 0.05) is 13.0 Å². The lowest BCUT2D eigenvalue weighted by atomic mass is 10.1. The molecule has 0 spiro atoms. The average molecular weight is 451 g/mol. The molecule has 30 heavy (non-hydrogen) atoms. The maximum atomic E-state index is 12.4. The lowest BCUT2D eigenvalue weighted by Gasteiger charge is -2.18.